The van der Waals surface area contributed by atoms with Crippen LogP contribution in [0, 0.1) is 5.41 Å². The maximum absolute atomic E-state index is 12.7. The fraction of sp³-hybridized carbons (Fsp3) is 0.655. The number of nitrogens with one attached hydrogen (secondary N) is 1. The molecule has 1 fully saturated rings. The van der Waals surface area contributed by atoms with Crippen LogP contribution in [0.15, 0.2) is 23.2 Å². The van der Waals surface area contributed by atoms with Gasteiger partial charge in [-0.1, -0.05) is 40.0 Å². The Balaban J connectivity index is 1.57. The molecule has 1 heterocycles. The largest absolute Gasteiger partial charge is 0.494 e. The van der Waals surface area contributed by atoms with Crippen LogP contribution in [-0.2, 0) is 25.7 Å². The first kappa shape index (κ1) is 29.5. The van der Waals surface area contributed by atoms with E-state index >= 15 is 0 Å². The molecule has 1 aromatic carbocycles. The third-order valence-electron chi connectivity index (χ3n) is 7.39. The minimum Gasteiger partial charge on any atom is -0.494 e. The molecule has 0 bridgehead atoms. The Morgan fingerprint density at radius 2 is 1.89 bits per heavy atom. The first-order valence-corrected chi connectivity index (χ1v) is 13.8. The van der Waals surface area contributed by atoms with E-state index in [1.165, 1.54) is 26.2 Å². The topological polar surface area (TPSA) is 101 Å². The Bertz CT molecular complexity index is 1030. The fourth-order valence-electron chi connectivity index (χ4n) is 4.58. The molecule has 1 aromatic rings. The molecule has 0 spiro atoms. The molecule has 210 valence electrons. The SMILES string of the molecule is CC(=O)NC1=Nc2ccc(OCCCC(=O)N(C)C3CCCCC3)cc2CN1CC(=O)OC(C)C(C)(C)C. The van der Waals surface area contributed by atoms with Crippen molar-refractivity contribution >= 4 is 29.4 Å². The zero-order chi connectivity index (χ0) is 27.9. The lowest BCUT2D eigenvalue weighted by molar-refractivity contribution is -0.153. The number of nitrogens with zero attached hydrogens (tertiary/aromatic N) is 3. The highest BCUT2D eigenvalue weighted by molar-refractivity contribution is 5.99. The lowest BCUT2D eigenvalue weighted by Crippen LogP contribution is -2.47. The number of ether oxygens (including phenoxy) is 2. The average molecular weight is 529 g/mol. The zero-order valence-corrected chi connectivity index (χ0v) is 23.8. The molecule has 1 N–H and O–H groups in total. The van der Waals surface area contributed by atoms with Crippen molar-refractivity contribution in [1.82, 2.24) is 15.1 Å². The number of benzene rings is 1. The van der Waals surface area contributed by atoms with Crippen LogP contribution in [0.5, 0.6) is 5.75 Å². The van der Waals surface area contributed by atoms with Crippen molar-refractivity contribution in [2.24, 2.45) is 10.4 Å². The lowest BCUT2D eigenvalue weighted by atomic mass is 9.90. The molecule has 2 aliphatic rings. The van der Waals surface area contributed by atoms with E-state index in [1.807, 2.05) is 57.8 Å². The van der Waals surface area contributed by atoms with Gasteiger partial charge in [0.25, 0.3) is 0 Å². The zero-order valence-electron chi connectivity index (χ0n) is 23.8. The summed E-state index contributed by atoms with van der Waals surface area (Å²) in [5, 5.41) is 2.72. The van der Waals surface area contributed by atoms with Crippen molar-refractivity contribution in [3.8, 4) is 5.75 Å². The van der Waals surface area contributed by atoms with Crippen molar-refractivity contribution in [2.75, 3.05) is 20.2 Å². The van der Waals surface area contributed by atoms with E-state index in [0.29, 0.717) is 49.4 Å². The fourth-order valence-corrected chi connectivity index (χ4v) is 4.58. The molecule has 38 heavy (non-hydrogen) atoms. The predicted molar refractivity (Wildman–Crippen MR) is 147 cm³/mol. The summed E-state index contributed by atoms with van der Waals surface area (Å²) in [5.41, 5.74) is 1.40. The normalized spacial score (nSPS) is 16.7. The van der Waals surface area contributed by atoms with Crippen LogP contribution in [0.3, 0.4) is 0 Å². The highest BCUT2D eigenvalue weighted by Gasteiger charge is 2.28. The molecule has 1 saturated carbocycles. The van der Waals surface area contributed by atoms with Gasteiger partial charge in [-0.3, -0.25) is 19.7 Å². The van der Waals surface area contributed by atoms with Crippen molar-refractivity contribution < 1.29 is 23.9 Å². The Labute approximate surface area is 226 Å². The summed E-state index contributed by atoms with van der Waals surface area (Å²) >= 11 is 0. The lowest BCUT2D eigenvalue weighted by Gasteiger charge is -2.31. The van der Waals surface area contributed by atoms with Gasteiger partial charge in [0.2, 0.25) is 17.8 Å². The quantitative estimate of drug-likeness (QED) is 0.373. The minimum atomic E-state index is -0.385. The number of hydrogen-bond donors (Lipinski definition) is 1. The molecule has 1 aliphatic carbocycles. The summed E-state index contributed by atoms with van der Waals surface area (Å²) in [4.78, 5) is 45.2. The standard InChI is InChI=1S/C29H44N4O5/c1-20(29(3,4)5)38-27(36)19-33-18-22-17-24(14-15-25(22)31-28(33)30-21(2)34)37-16-10-13-26(35)32(6)23-11-8-7-9-12-23/h14-15,17,20,23H,7-13,16,18-19H2,1-6H3,(H,30,31,34). The Kier molecular flexibility index (Phi) is 10.2. The summed E-state index contributed by atoms with van der Waals surface area (Å²) in [6.07, 6.45) is 6.72. The minimum absolute atomic E-state index is 0.0410. The first-order valence-electron chi connectivity index (χ1n) is 13.8. The molecule has 9 heteroatoms. The Morgan fingerprint density at radius 1 is 1.18 bits per heavy atom. The van der Waals surface area contributed by atoms with Gasteiger partial charge >= 0.3 is 5.97 Å². The van der Waals surface area contributed by atoms with Crippen LogP contribution in [-0.4, -0.2) is 65.9 Å². The van der Waals surface area contributed by atoms with Crippen molar-refractivity contribution in [1.29, 1.82) is 0 Å². The molecule has 1 atom stereocenters. The van der Waals surface area contributed by atoms with E-state index in [4.69, 9.17) is 9.47 Å². The van der Waals surface area contributed by atoms with Gasteiger partial charge in [0.1, 0.15) is 18.4 Å². The second-order valence-electron chi connectivity index (χ2n) is 11.5. The van der Waals surface area contributed by atoms with E-state index in [9.17, 15) is 14.4 Å². The highest BCUT2D eigenvalue weighted by atomic mass is 16.5. The smallest absolute Gasteiger partial charge is 0.325 e. The molecule has 3 rings (SSSR count). The van der Waals surface area contributed by atoms with Crippen molar-refractivity contribution in [3.63, 3.8) is 0 Å². The monoisotopic (exact) mass is 528 g/mol. The average Bonchev–Trinajstić information content (AvgIpc) is 2.86. The van der Waals surface area contributed by atoms with Gasteiger partial charge in [-0.15, -0.1) is 0 Å². The van der Waals surface area contributed by atoms with E-state index in [0.717, 1.165) is 18.4 Å². The Hall–Kier alpha value is -3.10. The molecule has 0 radical (unpaired) electrons. The molecule has 2 amide bonds. The maximum Gasteiger partial charge on any atom is 0.325 e. The molecule has 1 aliphatic heterocycles. The number of fused-ring (bicyclic) bond motifs is 1. The summed E-state index contributed by atoms with van der Waals surface area (Å²) < 4.78 is 11.6. The number of aliphatic imine (C=N–C) groups is 1. The van der Waals surface area contributed by atoms with E-state index < -0.39 is 0 Å². The molecular weight excluding hydrogens is 484 g/mol. The second kappa shape index (κ2) is 13.1. The van der Waals surface area contributed by atoms with Crippen LogP contribution < -0.4 is 10.1 Å². The van der Waals surface area contributed by atoms with Crippen LogP contribution in [0.1, 0.15) is 85.1 Å². The molecule has 0 aromatic heterocycles. The number of esters is 1. The van der Waals surface area contributed by atoms with Gasteiger partial charge in [0.05, 0.1) is 12.3 Å². The Morgan fingerprint density at radius 3 is 2.55 bits per heavy atom. The summed E-state index contributed by atoms with van der Waals surface area (Å²) in [6.45, 7) is 10.1. The summed E-state index contributed by atoms with van der Waals surface area (Å²) in [5.74, 6) is 0.522. The van der Waals surface area contributed by atoms with Crippen LogP contribution in [0.25, 0.3) is 0 Å². The highest BCUT2D eigenvalue weighted by Crippen LogP contribution is 2.30. The maximum atomic E-state index is 12.7. The van der Waals surface area contributed by atoms with Crippen LogP contribution >= 0.6 is 0 Å². The van der Waals surface area contributed by atoms with Crippen molar-refractivity contribution in [2.45, 2.75) is 98.3 Å². The van der Waals surface area contributed by atoms with Crippen molar-refractivity contribution in [3.05, 3.63) is 23.8 Å². The van der Waals surface area contributed by atoms with Gasteiger partial charge < -0.3 is 19.3 Å². The van der Waals surface area contributed by atoms with Gasteiger partial charge in [0, 0.05) is 38.5 Å². The third kappa shape index (κ3) is 8.46. The van der Waals surface area contributed by atoms with Gasteiger partial charge in [-0.2, -0.15) is 0 Å². The third-order valence-corrected chi connectivity index (χ3v) is 7.39. The molecular formula is C29H44N4O5. The van der Waals surface area contributed by atoms with E-state index in [1.54, 1.807) is 4.90 Å². The number of guanidine groups is 1. The number of carbonyl (C=O) groups excluding carboxylic acids is 3. The van der Waals surface area contributed by atoms with Crippen LogP contribution in [0.4, 0.5) is 5.69 Å². The summed E-state index contributed by atoms with van der Waals surface area (Å²) in [7, 11) is 1.92. The van der Waals surface area contributed by atoms with Gasteiger partial charge in [0.15, 0.2) is 0 Å². The number of amides is 2. The summed E-state index contributed by atoms with van der Waals surface area (Å²) in [6, 6.07) is 5.94. The van der Waals surface area contributed by atoms with Gasteiger partial charge in [-0.25, -0.2) is 4.99 Å². The first-order chi connectivity index (χ1) is 17.9. The molecule has 0 saturated heterocycles. The van der Waals surface area contributed by atoms with Gasteiger partial charge in [-0.05, 0) is 49.8 Å². The van der Waals surface area contributed by atoms with Crippen LogP contribution in [0.2, 0.25) is 0 Å². The molecule has 9 nitrogen and oxygen atoms in total. The number of hydrogen-bond acceptors (Lipinski definition) is 7. The van der Waals surface area contributed by atoms with E-state index in [2.05, 4.69) is 10.3 Å². The van der Waals surface area contributed by atoms with E-state index in [-0.39, 0.29) is 35.8 Å². The predicted octanol–water partition coefficient (Wildman–Crippen LogP) is 4.55. The molecule has 1 unspecified atom stereocenters. The number of carbonyl (C=O) groups is 3. The second-order valence-corrected chi connectivity index (χ2v) is 11.5. The number of rotatable bonds is 9.